The predicted molar refractivity (Wildman–Crippen MR) is 59.4 cm³/mol. The van der Waals surface area contributed by atoms with Crippen molar-refractivity contribution in [2.45, 2.75) is 25.3 Å². The molecule has 2 aliphatic rings. The highest BCUT2D eigenvalue weighted by atomic mass is 16.2. The fourth-order valence-electron chi connectivity index (χ4n) is 2.11. The van der Waals surface area contributed by atoms with E-state index in [0.717, 1.165) is 32.0 Å². The van der Waals surface area contributed by atoms with Crippen molar-refractivity contribution >= 4 is 5.91 Å². The molecule has 1 aliphatic carbocycles. The average molecular weight is 211 g/mol. The van der Waals surface area contributed by atoms with Gasteiger partial charge in [0.2, 0.25) is 5.91 Å². The zero-order valence-corrected chi connectivity index (χ0v) is 9.48. The van der Waals surface area contributed by atoms with Gasteiger partial charge in [-0.15, -0.1) is 0 Å². The number of nitrogens with zero attached hydrogens (tertiary/aromatic N) is 2. The fraction of sp³-hybridized carbons (Fsp3) is 0.909. The van der Waals surface area contributed by atoms with Gasteiger partial charge in [-0.1, -0.05) is 0 Å². The summed E-state index contributed by atoms with van der Waals surface area (Å²) in [5.74, 6) is 1.02. The van der Waals surface area contributed by atoms with E-state index in [0.29, 0.717) is 6.54 Å². The van der Waals surface area contributed by atoms with Crippen LogP contribution in [-0.4, -0.2) is 55.0 Å². The molecule has 2 N–H and O–H groups in total. The Morgan fingerprint density at radius 3 is 2.73 bits per heavy atom. The summed E-state index contributed by atoms with van der Waals surface area (Å²) >= 11 is 0. The molecule has 0 aromatic carbocycles. The lowest BCUT2D eigenvalue weighted by Crippen LogP contribution is -2.39. The molecule has 1 aliphatic heterocycles. The Balaban J connectivity index is 1.70. The number of hydrogen-bond acceptors (Lipinski definition) is 3. The highest BCUT2D eigenvalue weighted by Gasteiger charge is 2.26. The van der Waals surface area contributed by atoms with Crippen LogP contribution in [0, 0.1) is 5.92 Å². The van der Waals surface area contributed by atoms with Crippen molar-refractivity contribution < 1.29 is 4.79 Å². The number of hydrogen-bond donors (Lipinski definition) is 1. The summed E-state index contributed by atoms with van der Waals surface area (Å²) < 4.78 is 0. The molecule has 1 amide bonds. The van der Waals surface area contributed by atoms with Crippen LogP contribution in [0.3, 0.4) is 0 Å². The van der Waals surface area contributed by atoms with Crippen molar-refractivity contribution in [2.24, 2.45) is 11.7 Å². The van der Waals surface area contributed by atoms with E-state index in [-0.39, 0.29) is 11.9 Å². The van der Waals surface area contributed by atoms with E-state index in [4.69, 9.17) is 5.73 Å². The van der Waals surface area contributed by atoms with Crippen LogP contribution in [0.4, 0.5) is 0 Å². The lowest BCUT2D eigenvalue weighted by atomic mass is 10.3. The van der Waals surface area contributed by atoms with Gasteiger partial charge in [0.15, 0.2) is 0 Å². The van der Waals surface area contributed by atoms with E-state index < -0.39 is 0 Å². The first-order valence-electron chi connectivity index (χ1n) is 5.87. The van der Waals surface area contributed by atoms with Crippen LogP contribution in [-0.2, 0) is 4.79 Å². The zero-order chi connectivity index (χ0) is 10.8. The first kappa shape index (κ1) is 10.9. The SMILES string of the molecule is CN(CC1CC1)C(=O)CN1CC[C@H](N)C1. The molecule has 0 spiro atoms. The van der Waals surface area contributed by atoms with Crippen LogP contribution in [0.25, 0.3) is 0 Å². The maximum Gasteiger partial charge on any atom is 0.236 e. The van der Waals surface area contributed by atoms with E-state index in [9.17, 15) is 4.79 Å². The topological polar surface area (TPSA) is 49.6 Å². The van der Waals surface area contributed by atoms with Crippen molar-refractivity contribution in [1.29, 1.82) is 0 Å². The number of carbonyl (C=O) groups is 1. The Hall–Kier alpha value is -0.610. The Bertz CT molecular complexity index is 240. The molecule has 86 valence electrons. The van der Waals surface area contributed by atoms with Crippen LogP contribution >= 0.6 is 0 Å². The number of likely N-dealkylation sites (N-methyl/N-ethyl adjacent to an activating group) is 1. The van der Waals surface area contributed by atoms with Gasteiger partial charge in [-0.05, 0) is 25.2 Å². The van der Waals surface area contributed by atoms with E-state index in [2.05, 4.69) is 4.90 Å². The Kier molecular flexibility index (Phi) is 3.26. The quantitative estimate of drug-likeness (QED) is 0.706. The van der Waals surface area contributed by atoms with Gasteiger partial charge in [-0.25, -0.2) is 0 Å². The summed E-state index contributed by atoms with van der Waals surface area (Å²) in [5, 5.41) is 0. The van der Waals surface area contributed by atoms with Gasteiger partial charge in [-0.3, -0.25) is 9.69 Å². The number of likely N-dealkylation sites (tertiary alicyclic amines) is 1. The van der Waals surface area contributed by atoms with Crippen molar-refractivity contribution in [2.75, 3.05) is 33.2 Å². The molecule has 1 saturated carbocycles. The second kappa shape index (κ2) is 4.49. The maximum atomic E-state index is 11.8. The van der Waals surface area contributed by atoms with E-state index in [1.165, 1.54) is 12.8 Å². The first-order chi connectivity index (χ1) is 7.15. The smallest absolute Gasteiger partial charge is 0.236 e. The van der Waals surface area contributed by atoms with Gasteiger partial charge in [0.25, 0.3) is 0 Å². The second-order valence-electron chi connectivity index (χ2n) is 5.00. The molecule has 0 radical (unpaired) electrons. The van der Waals surface area contributed by atoms with Crippen LogP contribution in [0.15, 0.2) is 0 Å². The summed E-state index contributed by atoms with van der Waals surface area (Å²) in [5.41, 5.74) is 5.80. The minimum Gasteiger partial charge on any atom is -0.344 e. The standard InChI is InChI=1S/C11H21N3O/c1-13(6-9-2-3-9)11(15)8-14-5-4-10(12)7-14/h9-10H,2-8,12H2,1H3/t10-/m0/s1. The van der Waals surface area contributed by atoms with Crippen LogP contribution < -0.4 is 5.73 Å². The molecule has 4 heteroatoms. The zero-order valence-electron chi connectivity index (χ0n) is 9.48. The number of nitrogens with two attached hydrogens (primary N) is 1. The summed E-state index contributed by atoms with van der Waals surface area (Å²) in [7, 11) is 1.91. The number of carbonyl (C=O) groups excluding carboxylic acids is 1. The third-order valence-electron chi connectivity index (χ3n) is 3.32. The predicted octanol–water partition coefficient (Wildman–Crippen LogP) is -0.112. The molecular weight excluding hydrogens is 190 g/mol. The van der Waals surface area contributed by atoms with Gasteiger partial charge < -0.3 is 10.6 Å². The Labute approximate surface area is 91.4 Å². The first-order valence-corrected chi connectivity index (χ1v) is 5.87. The molecular formula is C11H21N3O. The molecule has 2 rings (SSSR count). The highest BCUT2D eigenvalue weighted by molar-refractivity contribution is 5.78. The molecule has 15 heavy (non-hydrogen) atoms. The number of amides is 1. The minimum atomic E-state index is 0.246. The normalized spacial score (nSPS) is 26.9. The molecule has 0 aromatic heterocycles. The summed E-state index contributed by atoms with van der Waals surface area (Å²) in [6.07, 6.45) is 3.62. The molecule has 1 atom stereocenters. The Morgan fingerprint density at radius 2 is 2.20 bits per heavy atom. The van der Waals surface area contributed by atoms with E-state index in [1.807, 2.05) is 11.9 Å². The lowest BCUT2D eigenvalue weighted by molar-refractivity contribution is -0.131. The molecule has 0 aromatic rings. The van der Waals surface area contributed by atoms with Gasteiger partial charge in [-0.2, -0.15) is 0 Å². The third kappa shape index (κ3) is 3.18. The largest absolute Gasteiger partial charge is 0.344 e. The molecule has 4 nitrogen and oxygen atoms in total. The number of rotatable bonds is 4. The average Bonchev–Trinajstić information content (AvgIpc) is 2.90. The highest BCUT2D eigenvalue weighted by Crippen LogP contribution is 2.29. The van der Waals surface area contributed by atoms with Crippen LogP contribution in [0.2, 0.25) is 0 Å². The third-order valence-corrected chi connectivity index (χ3v) is 3.32. The monoisotopic (exact) mass is 211 g/mol. The minimum absolute atomic E-state index is 0.246. The van der Waals surface area contributed by atoms with Gasteiger partial charge >= 0.3 is 0 Å². The van der Waals surface area contributed by atoms with E-state index >= 15 is 0 Å². The lowest BCUT2D eigenvalue weighted by Gasteiger charge is -2.21. The maximum absolute atomic E-state index is 11.8. The Morgan fingerprint density at radius 1 is 1.47 bits per heavy atom. The van der Waals surface area contributed by atoms with Gasteiger partial charge in [0, 0.05) is 32.7 Å². The van der Waals surface area contributed by atoms with Crippen molar-refractivity contribution in [1.82, 2.24) is 9.80 Å². The van der Waals surface area contributed by atoms with Crippen LogP contribution in [0.5, 0.6) is 0 Å². The summed E-state index contributed by atoms with van der Waals surface area (Å²) in [6, 6.07) is 0.270. The molecule has 0 unspecified atom stereocenters. The molecule has 1 heterocycles. The second-order valence-corrected chi connectivity index (χ2v) is 5.00. The summed E-state index contributed by atoms with van der Waals surface area (Å²) in [6.45, 7) is 3.35. The van der Waals surface area contributed by atoms with E-state index in [1.54, 1.807) is 0 Å². The molecule has 2 fully saturated rings. The van der Waals surface area contributed by atoms with Crippen LogP contribution in [0.1, 0.15) is 19.3 Å². The molecule has 1 saturated heterocycles. The fourth-order valence-corrected chi connectivity index (χ4v) is 2.11. The van der Waals surface area contributed by atoms with Crippen molar-refractivity contribution in [3.05, 3.63) is 0 Å². The van der Waals surface area contributed by atoms with Crippen molar-refractivity contribution in [3.63, 3.8) is 0 Å². The van der Waals surface area contributed by atoms with Crippen molar-refractivity contribution in [3.8, 4) is 0 Å². The van der Waals surface area contributed by atoms with Gasteiger partial charge in [0.05, 0.1) is 6.54 Å². The molecule has 0 bridgehead atoms. The van der Waals surface area contributed by atoms with Gasteiger partial charge in [0.1, 0.15) is 0 Å². The summed E-state index contributed by atoms with van der Waals surface area (Å²) in [4.78, 5) is 15.9.